The smallest absolute Gasteiger partial charge is 0.136 e. The molecule has 10 rings (SSSR count). The molecule has 0 spiro atoms. The Hall–Kier alpha value is -6.64. The minimum atomic E-state index is 0.906. The molecule has 0 saturated carbocycles. The maximum absolute atomic E-state index is 6.40. The van der Waals surface area contributed by atoms with Crippen LogP contribution in [0.5, 0.6) is 0 Å². The molecule has 8 aromatic carbocycles. The van der Waals surface area contributed by atoms with Gasteiger partial charge < -0.3 is 8.98 Å². The van der Waals surface area contributed by atoms with Crippen LogP contribution >= 0.6 is 0 Å². The van der Waals surface area contributed by atoms with Crippen molar-refractivity contribution in [1.29, 1.82) is 0 Å². The number of hydrogen-bond donors (Lipinski definition) is 0. The van der Waals surface area contributed by atoms with Gasteiger partial charge in [-0.05, 0) is 57.6 Å². The Bertz CT molecular complexity index is 2720. The van der Waals surface area contributed by atoms with E-state index < -0.39 is 0 Å². The molecule has 10 aromatic rings. The minimum Gasteiger partial charge on any atom is -0.456 e. The molecule has 2 heterocycles. The first-order valence-electron chi connectivity index (χ1n) is 17.1. The Morgan fingerprint density at radius 1 is 0.300 bits per heavy atom. The Kier molecular flexibility index (Phi) is 6.53. The number of nitrogens with zero attached hydrogens (tertiary/aromatic N) is 1. The summed E-state index contributed by atoms with van der Waals surface area (Å²) < 4.78 is 8.88. The van der Waals surface area contributed by atoms with Crippen molar-refractivity contribution in [2.24, 2.45) is 0 Å². The summed E-state index contributed by atoms with van der Waals surface area (Å²) in [6.45, 7) is 0. The zero-order chi connectivity index (χ0) is 33.0. The van der Waals surface area contributed by atoms with Gasteiger partial charge in [0.25, 0.3) is 0 Å². The lowest BCUT2D eigenvalue weighted by atomic mass is 9.93. The number of furan rings is 1. The van der Waals surface area contributed by atoms with Crippen LogP contribution in [-0.4, -0.2) is 4.57 Å². The van der Waals surface area contributed by atoms with E-state index in [1.807, 2.05) is 6.07 Å². The number of aromatic nitrogens is 1. The van der Waals surface area contributed by atoms with Crippen LogP contribution in [-0.2, 0) is 0 Å². The second kappa shape index (κ2) is 11.5. The molecule has 0 radical (unpaired) electrons. The third-order valence-electron chi connectivity index (χ3n) is 10.0. The highest BCUT2D eigenvalue weighted by atomic mass is 16.3. The van der Waals surface area contributed by atoms with Crippen LogP contribution < -0.4 is 0 Å². The van der Waals surface area contributed by atoms with E-state index in [2.05, 4.69) is 187 Å². The van der Waals surface area contributed by atoms with Gasteiger partial charge in [0.15, 0.2) is 0 Å². The lowest BCUT2D eigenvalue weighted by Crippen LogP contribution is -2.00. The topological polar surface area (TPSA) is 18.1 Å². The SMILES string of the molecule is c1ccc(-c2ccc(-c3cccc(-c4ccc(-c5ccccc5)cc4)c3-n3c4ccccc4c4c5c(ccc43)oc3ccccc35)cc2)cc1. The molecule has 0 unspecified atom stereocenters. The Morgan fingerprint density at radius 2 is 0.800 bits per heavy atom. The fourth-order valence-electron chi connectivity index (χ4n) is 7.71. The third kappa shape index (κ3) is 4.50. The molecule has 0 amide bonds. The monoisotopic (exact) mass is 637 g/mol. The predicted molar refractivity (Wildman–Crippen MR) is 210 cm³/mol. The van der Waals surface area contributed by atoms with Crippen LogP contribution in [0.3, 0.4) is 0 Å². The van der Waals surface area contributed by atoms with Gasteiger partial charge >= 0.3 is 0 Å². The van der Waals surface area contributed by atoms with E-state index in [1.54, 1.807) is 0 Å². The van der Waals surface area contributed by atoms with Crippen molar-refractivity contribution in [1.82, 2.24) is 4.57 Å². The van der Waals surface area contributed by atoms with Gasteiger partial charge in [-0.15, -0.1) is 0 Å². The summed E-state index contributed by atoms with van der Waals surface area (Å²) in [5.41, 5.74) is 14.8. The number of para-hydroxylation sites is 3. The minimum absolute atomic E-state index is 0.906. The van der Waals surface area contributed by atoms with E-state index in [4.69, 9.17) is 4.42 Å². The fourth-order valence-corrected chi connectivity index (χ4v) is 7.71. The summed E-state index contributed by atoms with van der Waals surface area (Å²) in [4.78, 5) is 0. The van der Waals surface area contributed by atoms with Crippen LogP contribution in [0, 0.1) is 0 Å². The molecule has 0 fully saturated rings. The normalized spacial score (nSPS) is 11.6. The second-order valence-corrected chi connectivity index (χ2v) is 12.9. The number of benzene rings is 8. The lowest BCUT2D eigenvalue weighted by Gasteiger charge is -2.19. The lowest BCUT2D eigenvalue weighted by molar-refractivity contribution is 0.669. The van der Waals surface area contributed by atoms with E-state index in [0.29, 0.717) is 0 Å². The van der Waals surface area contributed by atoms with Crippen molar-refractivity contribution < 1.29 is 4.42 Å². The summed E-state index contributed by atoms with van der Waals surface area (Å²) in [5, 5.41) is 4.71. The number of fused-ring (bicyclic) bond motifs is 7. The van der Waals surface area contributed by atoms with Gasteiger partial charge in [-0.1, -0.05) is 164 Å². The highest BCUT2D eigenvalue weighted by Gasteiger charge is 2.22. The maximum Gasteiger partial charge on any atom is 0.136 e. The van der Waals surface area contributed by atoms with Gasteiger partial charge in [-0.25, -0.2) is 0 Å². The molecule has 0 atom stereocenters. The molecule has 0 saturated heterocycles. The van der Waals surface area contributed by atoms with Gasteiger partial charge in [0.2, 0.25) is 0 Å². The molecule has 2 nitrogen and oxygen atoms in total. The summed E-state index contributed by atoms with van der Waals surface area (Å²) in [7, 11) is 0. The van der Waals surface area contributed by atoms with E-state index in [9.17, 15) is 0 Å². The van der Waals surface area contributed by atoms with Crippen molar-refractivity contribution in [3.05, 3.63) is 188 Å². The molecule has 2 aromatic heterocycles. The summed E-state index contributed by atoms with van der Waals surface area (Å²) in [5.74, 6) is 0. The molecule has 0 bridgehead atoms. The second-order valence-electron chi connectivity index (χ2n) is 12.9. The van der Waals surface area contributed by atoms with Crippen molar-refractivity contribution in [3.63, 3.8) is 0 Å². The molecule has 50 heavy (non-hydrogen) atoms. The van der Waals surface area contributed by atoms with Crippen LogP contribution in [0.15, 0.2) is 192 Å². The zero-order valence-corrected chi connectivity index (χ0v) is 27.3. The first-order chi connectivity index (χ1) is 24.8. The maximum atomic E-state index is 6.40. The zero-order valence-electron chi connectivity index (χ0n) is 27.3. The molecule has 234 valence electrons. The first-order valence-corrected chi connectivity index (χ1v) is 17.1. The van der Waals surface area contributed by atoms with Crippen LogP contribution in [0.4, 0.5) is 0 Å². The van der Waals surface area contributed by atoms with Gasteiger partial charge in [-0.3, -0.25) is 0 Å². The van der Waals surface area contributed by atoms with Crippen molar-refractivity contribution in [3.8, 4) is 50.2 Å². The summed E-state index contributed by atoms with van der Waals surface area (Å²) in [6.07, 6.45) is 0. The van der Waals surface area contributed by atoms with Gasteiger partial charge in [0, 0.05) is 32.7 Å². The van der Waals surface area contributed by atoms with Gasteiger partial charge in [0.05, 0.1) is 16.7 Å². The van der Waals surface area contributed by atoms with Gasteiger partial charge in [0.1, 0.15) is 11.2 Å². The highest BCUT2D eigenvalue weighted by molar-refractivity contribution is 6.27. The number of hydrogen-bond acceptors (Lipinski definition) is 1. The fraction of sp³-hybridized carbons (Fsp3) is 0. The average Bonchev–Trinajstić information content (AvgIpc) is 3.74. The van der Waals surface area contributed by atoms with Crippen LogP contribution in [0.2, 0.25) is 0 Å². The highest BCUT2D eigenvalue weighted by Crippen LogP contribution is 2.45. The van der Waals surface area contributed by atoms with Crippen molar-refractivity contribution >= 4 is 43.7 Å². The number of rotatable bonds is 5. The van der Waals surface area contributed by atoms with Crippen molar-refractivity contribution in [2.75, 3.05) is 0 Å². The molecule has 0 aliphatic carbocycles. The molecule has 0 aliphatic heterocycles. The van der Waals surface area contributed by atoms with E-state index in [0.717, 1.165) is 38.7 Å². The Labute approximate surface area is 290 Å². The molecular formula is C48H31NO. The summed E-state index contributed by atoms with van der Waals surface area (Å²) >= 11 is 0. The predicted octanol–water partition coefficient (Wildman–Crippen LogP) is 13.4. The van der Waals surface area contributed by atoms with Crippen LogP contribution in [0.1, 0.15) is 0 Å². The summed E-state index contributed by atoms with van der Waals surface area (Å²) in [6, 6.07) is 67.4. The van der Waals surface area contributed by atoms with E-state index in [-0.39, 0.29) is 0 Å². The largest absolute Gasteiger partial charge is 0.456 e. The first kappa shape index (κ1) is 28.4. The van der Waals surface area contributed by atoms with E-state index in [1.165, 1.54) is 55.3 Å². The average molecular weight is 638 g/mol. The quantitative estimate of drug-likeness (QED) is 0.184. The molecule has 0 aliphatic rings. The molecule has 2 heteroatoms. The third-order valence-corrected chi connectivity index (χ3v) is 10.0. The van der Waals surface area contributed by atoms with Gasteiger partial charge in [-0.2, -0.15) is 0 Å². The van der Waals surface area contributed by atoms with E-state index >= 15 is 0 Å². The van der Waals surface area contributed by atoms with Crippen LogP contribution in [0.25, 0.3) is 93.9 Å². The molecule has 0 N–H and O–H groups in total. The standard InChI is InChI=1S/C48H31NO/c1-3-12-32(13-4-1)34-22-26-36(27-23-34)38-18-11-19-39(37-28-24-35(25-29-37)33-14-5-2-6-15-33)48(38)49-42-20-9-7-16-40(42)46-43(49)30-31-45-47(46)41-17-8-10-21-44(41)50-45/h1-31H. The Balaban J connectivity index is 1.27. The Morgan fingerprint density at radius 3 is 1.42 bits per heavy atom. The van der Waals surface area contributed by atoms with Crippen molar-refractivity contribution in [2.45, 2.75) is 0 Å². The molecular weight excluding hydrogens is 607 g/mol.